The zero-order chi connectivity index (χ0) is 55.0. The lowest BCUT2D eigenvalue weighted by atomic mass is 10.1. The number of ether oxygens (including phenoxy) is 4. The number of carbonyl (C=O) groups excluding carboxylic acids is 4. The molecular weight excluding hydrogens is 1020 g/mol. The van der Waals surface area contributed by atoms with Crippen molar-refractivity contribution in [3.8, 4) is 0 Å². The van der Waals surface area contributed by atoms with Crippen LogP contribution in [0.3, 0.4) is 0 Å². The van der Waals surface area contributed by atoms with E-state index < -0.39 is 68.5 Å². The van der Waals surface area contributed by atoms with Gasteiger partial charge in [-0.1, -0.05) is 121 Å². The van der Waals surface area contributed by atoms with Gasteiger partial charge in [0.15, 0.2) is 11.2 Å². The molecule has 0 aliphatic rings. The number of carbonyl (C=O) groups is 4. The quantitative estimate of drug-likeness (QED) is 0.0184. The Morgan fingerprint density at radius 1 is 0.519 bits per heavy atom. The molecular formula is C55H71N9O11P2. The summed E-state index contributed by atoms with van der Waals surface area (Å²) in [5.41, 5.74) is 3.03. The van der Waals surface area contributed by atoms with Crippen molar-refractivity contribution >= 4 is 49.9 Å². The van der Waals surface area contributed by atoms with Crippen LogP contribution in [-0.2, 0) is 79.5 Å². The molecule has 0 aliphatic carbocycles. The monoisotopic (exact) mass is 1100 g/mol. The Hall–Kier alpha value is -6.63. The summed E-state index contributed by atoms with van der Waals surface area (Å²) >= 11 is 0. The fourth-order valence-corrected chi connectivity index (χ4v) is 13.2. The van der Waals surface area contributed by atoms with Gasteiger partial charge in [0.25, 0.3) is 5.56 Å². The maximum Gasteiger partial charge on any atom is 0.323 e. The van der Waals surface area contributed by atoms with Gasteiger partial charge in [0, 0.05) is 38.5 Å². The first-order valence-electron chi connectivity index (χ1n) is 26.0. The van der Waals surface area contributed by atoms with Crippen molar-refractivity contribution < 1.29 is 47.3 Å². The van der Waals surface area contributed by atoms with E-state index in [0.717, 1.165) is 22.3 Å². The standard InChI is InChI=1S/C55H71N9O11P2/c1-5-72-52(66)45(35-41-21-13-9-14-22-41)59-76(70,60-46(53(67)73-6-2)36-42-23-15-10-16-24-42)33-31-63(29-30-64-40-58-49-50(64)56-39-57-51(49)65)32-34-77(71,61-47(54(68)74-7-3)37-43-25-17-11-18-26-43)62-48(55(69)75-8-4)38-44-27-19-12-20-28-44/h9-28,39-40,45-48H,5-8,29-38H2,1-4H3,(H,56,57,65)(H2,59,60,70)(H2,61,62,71)/t45-,46-,47-,48-/m0/s1. The van der Waals surface area contributed by atoms with Gasteiger partial charge < -0.3 is 33.4 Å². The molecule has 0 bridgehead atoms. The first-order valence-corrected chi connectivity index (χ1v) is 29.7. The van der Waals surface area contributed by atoms with E-state index in [1.165, 1.54) is 12.7 Å². The highest BCUT2D eigenvalue weighted by molar-refractivity contribution is 7.60. The summed E-state index contributed by atoms with van der Waals surface area (Å²) in [6.07, 6.45) is 2.69. The number of hydrogen-bond acceptors (Lipinski definition) is 14. The van der Waals surface area contributed by atoms with Crippen molar-refractivity contribution in [2.75, 3.05) is 58.4 Å². The molecule has 6 rings (SSSR count). The lowest BCUT2D eigenvalue weighted by Crippen LogP contribution is -2.48. The van der Waals surface area contributed by atoms with E-state index in [-0.39, 0.29) is 96.1 Å². The number of esters is 4. The highest BCUT2D eigenvalue weighted by Crippen LogP contribution is 2.41. The number of imidazole rings is 1. The number of nitrogens with one attached hydrogen (secondary N) is 5. The van der Waals surface area contributed by atoms with Crippen molar-refractivity contribution in [2.45, 2.75) is 84.1 Å². The van der Waals surface area contributed by atoms with Crippen LogP contribution >= 0.6 is 14.9 Å². The highest BCUT2D eigenvalue weighted by Gasteiger charge is 2.38. The summed E-state index contributed by atoms with van der Waals surface area (Å²) in [6, 6.07) is 32.1. The maximum absolute atomic E-state index is 16.0. The summed E-state index contributed by atoms with van der Waals surface area (Å²) < 4.78 is 55.8. The molecule has 5 N–H and O–H groups in total. The van der Waals surface area contributed by atoms with Gasteiger partial charge in [0.05, 0.1) is 39.1 Å². The minimum atomic E-state index is -4.12. The van der Waals surface area contributed by atoms with Gasteiger partial charge in [-0.25, -0.2) is 30.3 Å². The van der Waals surface area contributed by atoms with Gasteiger partial charge in [-0.2, -0.15) is 0 Å². The molecule has 2 aromatic heterocycles. The van der Waals surface area contributed by atoms with Gasteiger partial charge in [-0.15, -0.1) is 0 Å². The number of aromatic amines is 1. The number of aromatic nitrogens is 4. The minimum absolute atomic E-state index is 0.0175. The normalized spacial score (nSPS) is 13.4. The second-order valence-corrected chi connectivity index (χ2v) is 23.0. The number of H-pyrrole nitrogens is 1. The van der Waals surface area contributed by atoms with Crippen molar-refractivity contribution in [2.24, 2.45) is 0 Å². The van der Waals surface area contributed by atoms with Gasteiger partial charge in [-0.3, -0.25) is 33.1 Å². The van der Waals surface area contributed by atoms with Gasteiger partial charge >= 0.3 is 23.9 Å². The number of rotatable bonds is 33. The maximum atomic E-state index is 16.0. The number of fused-ring (bicyclic) bond motifs is 1. The lowest BCUT2D eigenvalue weighted by molar-refractivity contribution is -0.146. The zero-order valence-electron chi connectivity index (χ0n) is 44.1. The largest absolute Gasteiger partial charge is 0.465 e. The Kier molecular flexibility index (Phi) is 23.5. The number of benzene rings is 4. The van der Waals surface area contributed by atoms with Gasteiger partial charge in [0.1, 0.15) is 24.2 Å². The molecule has 0 fully saturated rings. The van der Waals surface area contributed by atoms with E-state index in [9.17, 15) is 24.0 Å². The second-order valence-electron chi connectivity index (χ2n) is 18.1. The van der Waals surface area contributed by atoms with E-state index in [2.05, 4.69) is 35.3 Å². The Morgan fingerprint density at radius 3 is 1.16 bits per heavy atom. The Morgan fingerprint density at radius 2 is 0.844 bits per heavy atom. The van der Waals surface area contributed by atoms with Gasteiger partial charge in [0.2, 0.25) is 14.9 Å². The SMILES string of the molecule is CCOC(=O)[C@H](Cc1ccccc1)NP(=O)(CCN(CCn1cnc2c(=O)[nH]cnc21)CCP(=O)(N[C@@H](Cc1ccccc1)C(=O)OCC)N[C@@H](Cc1ccccc1)C(=O)OCC)N[C@@H](Cc1ccccc1)C(=O)OCC. The molecule has 412 valence electrons. The number of hydrogen-bond donors (Lipinski definition) is 5. The lowest BCUT2D eigenvalue weighted by Gasteiger charge is -2.33. The fourth-order valence-electron chi connectivity index (χ4n) is 8.64. The molecule has 0 amide bonds. The molecule has 20 nitrogen and oxygen atoms in total. The van der Waals surface area contributed by atoms with E-state index >= 15 is 9.13 Å². The summed E-state index contributed by atoms with van der Waals surface area (Å²) in [6.45, 7) is 7.20. The van der Waals surface area contributed by atoms with Crippen LogP contribution in [0.4, 0.5) is 0 Å². The Labute approximate surface area is 449 Å². The van der Waals surface area contributed by atoms with Crippen molar-refractivity contribution in [1.82, 2.24) is 44.8 Å². The molecule has 0 radical (unpaired) electrons. The molecule has 2 heterocycles. The van der Waals surface area contributed by atoms with Crippen molar-refractivity contribution in [1.29, 1.82) is 0 Å². The summed E-state index contributed by atoms with van der Waals surface area (Å²) in [4.78, 5) is 81.2. The molecule has 0 aliphatic heterocycles. The second kappa shape index (κ2) is 30.3. The molecule has 77 heavy (non-hydrogen) atoms. The van der Waals surface area contributed by atoms with Gasteiger partial charge in [-0.05, 0) is 75.6 Å². The molecule has 0 saturated carbocycles. The first kappa shape index (κ1) is 59.6. The first-order chi connectivity index (χ1) is 37.2. The molecule has 4 aromatic carbocycles. The van der Waals surface area contributed by atoms with Crippen LogP contribution in [0, 0.1) is 0 Å². The van der Waals surface area contributed by atoms with E-state index in [1.807, 2.05) is 126 Å². The van der Waals surface area contributed by atoms with E-state index in [4.69, 9.17) is 18.9 Å². The van der Waals surface area contributed by atoms with Crippen molar-refractivity contribution in [3.63, 3.8) is 0 Å². The van der Waals surface area contributed by atoms with Crippen LogP contribution in [0.15, 0.2) is 139 Å². The number of nitrogens with zero attached hydrogens (tertiary/aromatic N) is 4. The molecule has 22 heteroatoms. The molecule has 0 unspecified atom stereocenters. The van der Waals surface area contributed by atoms with Crippen molar-refractivity contribution in [3.05, 3.63) is 167 Å². The fraction of sp³-hybridized carbons (Fsp3) is 0.400. The predicted molar refractivity (Wildman–Crippen MR) is 294 cm³/mol. The average molecular weight is 1100 g/mol. The Bertz CT molecular complexity index is 2660. The van der Waals surface area contributed by atoms with Crippen LogP contribution in [0.1, 0.15) is 49.9 Å². The zero-order valence-corrected chi connectivity index (χ0v) is 45.9. The van der Waals surface area contributed by atoms with E-state index in [1.54, 1.807) is 32.3 Å². The average Bonchev–Trinajstić information content (AvgIpc) is 3.86. The smallest absolute Gasteiger partial charge is 0.323 e. The summed E-state index contributed by atoms with van der Waals surface area (Å²) in [5.74, 6) is -2.62. The summed E-state index contributed by atoms with van der Waals surface area (Å²) in [5, 5.41) is 12.6. The third-order valence-electron chi connectivity index (χ3n) is 12.4. The third-order valence-corrected chi connectivity index (χ3v) is 17.0. The topological polar surface area (TPSA) is 254 Å². The molecule has 4 atom stereocenters. The van der Waals surface area contributed by atoms with Crippen LogP contribution in [0.5, 0.6) is 0 Å². The highest BCUT2D eigenvalue weighted by atomic mass is 31.2. The molecule has 0 spiro atoms. The third kappa shape index (κ3) is 18.8. The van der Waals surface area contributed by atoms with Crippen LogP contribution in [0.25, 0.3) is 11.2 Å². The van der Waals surface area contributed by atoms with E-state index in [0.29, 0.717) is 5.65 Å². The van der Waals surface area contributed by atoms with Crippen LogP contribution in [0.2, 0.25) is 0 Å². The van der Waals surface area contributed by atoms with Crippen LogP contribution in [-0.4, -0.2) is 131 Å². The summed E-state index contributed by atoms with van der Waals surface area (Å²) in [7, 11) is -8.23. The minimum Gasteiger partial charge on any atom is -0.465 e. The predicted octanol–water partition coefficient (Wildman–Crippen LogP) is 5.86. The molecule has 6 aromatic rings. The Balaban J connectivity index is 1.41. The molecule has 0 saturated heterocycles. The van der Waals surface area contributed by atoms with Crippen LogP contribution < -0.4 is 25.9 Å².